The molecule has 0 saturated heterocycles. The Hall–Kier alpha value is 0.290. The van der Waals surface area contributed by atoms with Crippen LogP contribution in [-0.2, 0) is 0 Å². The average Bonchev–Trinajstić information content (AvgIpc) is 2.82. The molecular formula is C16H31Cl. The first-order chi connectivity index (χ1) is 8.33. The van der Waals surface area contributed by atoms with Crippen LogP contribution >= 0.6 is 11.6 Å². The van der Waals surface area contributed by atoms with Gasteiger partial charge in [0.05, 0.1) is 0 Å². The van der Waals surface area contributed by atoms with Crippen LogP contribution in [0.1, 0.15) is 90.4 Å². The van der Waals surface area contributed by atoms with Crippen molar-refractivity contribution in [3.05, 3.63) is 0 Å². The molecular weight excluding hydrogens is 228 g/mol. The monoisotopic (exact) mass is 258 g/mol. The van der Waals surface area contributed by atoms with Crippen LogP contribution in [-0.4, -0.2) is 5.88 Å². The van der Waals surface area contributed by atoms with Crippen LogP contribution in [0.3, 0.4) is 0 Å². The third kappa shape index (κ3) is 6.13. The maximum atomic E-state index is 6.16. The Kier molecular flexibility index (Phi) is 8.35. The first-order valence-electron chi connectivity index (χ1n) is 7.89. The largest absolute Gasteiger partial charge is 0.126 e. The van der Waals surface area contributed by atoms with Crippen molar-refractivity contribution in [2.45, 2.75) is 90.4 Å². The minimum absolute atomic E-state index is 0.545. The Morgan fingerprint density at radius 2 is 1.35 bits per heavy atom. The van der Waals surface area contributed by atoms with E-state index in [1.807, 2.05) is 0 Å². The minimum atomic E-state index is 0.545. The molecule has 0 spiro atoms. The lowest BCUT2D eigenvalue weighted by molar-refractivity contribution is 0.300. The minimum Gasteiger partial charge on any atom is -0.126 e. The van der Waals surface area contributed by atoms with Gasteiger partial charge >= 0.3 is 0 Å². The SMILES string of the molecule is CCCCCCCCCCC1(CCl)CCCC1. The number of halogens is 1. The van der Waals surface area contributed by atoms with Gasteiger partial charge in [0.15, 0.2) is 0 Å². The van der Waals surface area contributed by atoms with Gasteiger partial charge in [0.2, 0.25) is 0 Å². The zero-order valence-corrected chi connectivity index (χ0v) is 12.5. The lowest BCUT2D eigenvalue weighted by Gasteiger charge is -2.26. The summed E-state index contributed by atoms with van der Waals surface area (Å²) in [5.41, 5.74) is 0.545. The summed E-state index contributed by atoms with van der Waals surface area (Å²) in [5.74, 6) is 0.906. The van der Waals surface area contributed by atoms with E-state index in [1.165, 1.54) is 83.5 Å². The molecule has 0 atom stereocenters. The number of hydrogen-bond acceptors (Lipinski definition) is 0. The van der Waals surface area contributed by atoms with Gasteiger partial charge in [-0.05, 0) is 24.7 Å². The van der Waals surface area contributed by atoms with E-state index in [0.717, 1.165) is 5.88 Å². The van der Waals surface area contributed by atoms with Crippen molar-refractivity contribution in [2.24, 2.45) is 5.41 Å². The highest BCUT2D eigenvalue weighted by Crippen LogP contribution is 2.43. The van der Waals surface area contributed by atoms with Crippen molar-refractivity contribution in [3.63, 3.8) is 0 Å². The highest BCUT2D eigenvalue weighted by molar-refractivity contribution is 6.18. The fourth-order valence-electron chi connectivity index (χ4n) is 3.21. The molecule has 1 rings (SSSR count). The molecule has 0 aliphatic heterocycles. The highest BCUT2D eigenvalue weighted by Gasteiger charge is 2.31. The molecule has 0 aromatic heterocycles. The Bertz CT molecular complexity index is 170. The van der Waals surface area contributed by atoms with Crippen molar-refractivity contribution in [1.82, 2.24) is 0 Å². The van der Waals surface area contributed by atoms with Gasteiger partial charge in [0.1, 0.15) is 0 Å². The van der Waals surface area contributed by atoms with E-state index in [9.17, 15) is 0 Å². The second-order valence-electron chi connectivity index (χ2n) is 6.07. The molecule has 1 aliphatic rings. The summed E-state index contributed by atoms with van der Waals surface area (Å²) in [6, 6.07) is 0. The van der Waals surface area contributed by atoms with E-state index in [0.29, 0.717) is 5.41 Å². The summed E-state index contributed by atoms with van der Waals surface area (Å²) in [7, 11) is 0. The van der Waals surface area contributed by atoms with Gasteiger partial charge in [0, 0.05) is 5.88 Å². The maximum Gasteiger partial charge on any atom is 0.0279 e. The van der Waals surface area contributed by atoms with Gasteiger partial charge in [-0.2, -0.15) is 0 Å². The van der Waals surface area contributed by atoms with Gasteiger partial charge in [-0.3, -0.25) is 0 Å². The van der Waals surface area contributed by atoms with Crippen LogP contribution in [0.4, 0.5) is 0 Å². The van der Waals surface area contributed by atoms with E-state index in [-0.39, 0.29) is 0 Å². The summed E-state index contributed by atoms with van der Waals surface area (Å²) in [6.45, 7) is 2.28. The molecule has 1 fully saturated rings. The highest BCUT2D eigenvalue weighted by atomic mass is 35.5. The van der Waals surface area contributed by atoms with Crippen LogP contribution in [0, 0.1) is 5.41 Å². The fraction of sp³-hybridized carbons (Fsp3) is 1.00. The topological polar surface area (TPSA) is 0 Å². The molecule has 1 heteroatoms. The fourth-order valence-corrected chi connectivity index (χ4v) is 3.61. The van der Waals surface area contributed by atoms with E-state index in [1.54, 1.807) is 0 Å². The van der Waals surface area contributed by atoms with Gasteiger partial charge in [-0.15, -0.1) is 11.6 Å². The van der Waals surface area contributed by atoms with Crippen LogP contribution in [0.5, 0.6) is 0 Å². The van der Waals surface area contributed by atoms with Crippen LogP contribution in [0.25, 0.3) is 0 Å². The summed E-state index contributed by atoms with van der Waals surface area (Å²) < 4.78 is 0. The predicted molar refractivity (Wildman–Crippen MR) is 78.8 cm³/mol. The smallest absolute Gasteiger partial charge is 0.0279 e. The number of unbranched alkanes of at least 4 members (excludes halogenated alkanes) is 7. The standard InChI is InChI=1S/C16H31Cl/c1-2-3-4-5-6-7-8-9-12-16(15-17)13-10-11-14-16/h2-15H2,1H3. The molecule has 0 N–H and O–H groups in total. The van der Waals surface area contributed by atoms with E-state index >= 15 is 0 Å². The van der Waals surface area contributed by atoms with E-state index in [2.05, 4.69) is 6.92 Å². The molecule has 1 aliphatic carbocycles. The summed E-state index contributed by atoms with van der Waals surface area (Å²) >= 11 is 6.16. The molecule has 17 heavy (non-hydrogen) atoms. The third-order valence-electron chi connectivity index (χ3n) is 4.51. The predicted octanol–water partition coefficient (Wildman–Crippen LogP) is 6.32. The quantitative estimate of drug-likeness (QED) is 0.318. The van der Waals surface area contributed by atoms with E-state index in [4.69, 9.17) is 11.6 Å². The number of hydrogen-bond donors (Lipinski definition) is 0. The van der Waals surface area contributed by atoms with Crippen molar-refractivity contribution in [3.8, 4) is 0 Å². The van der Waals surface area contributed by atoms with Crippen molar-refractivity contribution < 1.29 is 0 Å². The Balaban J connectivity index is 1.92. The van der Waals surface area contributed by atoms with Crippen LogP contribution in [0.15, 0.2) is 0 Å². The van der Waals surface area contributed by atoms with Gasteiger partial charge in [-0.1, -0.05) is 71.1 Å². The molecule has 0 nitrogen and oxygen atoms in total. The van der Waals surface area contributed by atoms with Crippen LogP contribution in [0.2, 0.25) is 0 Å². The number of alkyl halides is 1. The lowest BCUT2D eigenvalue weighted by atomic mass is 9.83. The zero-order chi connectivity index (χ0) is 12.4. The summed E-state index contributed by atoms with van der Waals surface area (Å²) in [4.78, 5) is 0. The molecule has 0 radical (unpaired) electrons. The average molecular weight is 259 g/mol. The van der Waals surface area contributed by atoms with Gasteiger partial charge in [-0.25, -0.2) is 0 Å². The van der Waals surface area contributed by atoms with Gasteiger partial charge < -0.3 is 0 Å². The zero-order valence-electron chi connectivity index (χ0n) is 11.8. The second-order valence-corrected chi connectivity index (χ2v) is 6.33. The molecule has 102 valence electrons. The molecule has 0 heterocycles. The molecule has 1 saturated carbocycles. The first-order valence-corrected chi connectivity index (χ1v) is 8.42. The van der Waals surface area contributed by atoms with Crippen molar-refractivity contribution in [2.75, 3.05) is 5.88 Å². The Labute approximate surface area is 114 Å². The van der Waals surface area contributed by atoms with E-state index < -0.39 is 0 Å². The molecule has 0 aromatic carbocycles. The van der Waals surface area contributed by atoms with Gasteiger partial charge in [0.25, 0.3) is 0 Å². The lowest BCUT2D eigenvalue weighted by Crippen LogP contribution is -2.18. The van der Waals surface area contributed by atoms with Crippen molar-refractivity contribution in [1.29, 1.82) is 0 Å². The summed E-state index contributed by atoms with van der Waals surface area (Å²) in [5, 5.41) is 0. The molecule has 0 bridgehead atoms. The molecule has 0 aromatic rings. The maximum absolute atomic E-state index is 6.16. The first kappa shape index (κ1) is 15.3. The molecule has 0 amide bonds. The Morgan fingerprint density at radius 3 is 1.88 bits per heavy atom. The number of rotatable bonds is 10. The summed E-state index contributed by atoms with van der Waals surface area (Å²) in [6.07, 6.45) is 18.5. The molecule has 0 unspecified atom stereocenters. The Morgan fingerprint density at radius 1 is 0.824 bits per heavy atom. The van der Waals surface area contributed by atoms with Crippen molar-refractivity contribution >= 4 is 11.6 Å². The second kappa shape index (κ2) is 9.25. The third-order valence-corrected chi connectivity index (χ3v) is 5.08. The van der Waals surface area contributed by atoms with Crippen LogP contribution < -0.4 is 0 Å². The normalized spacial score (nSPS) is 18.7.